The van der Waals surface area contributed by atoms with Gasteiger partial charge in [-0.1, -0.05) is 25.0 Å². The highest BCUT2D eigenvalue weighted by Crippen LogP contribution is 2.46. The highest BCUT2D eigenvalue weighted by atomic mass is 16.3. The zero-order valence-electron chi connectivity index (χ0n) is 14.3. The number of fused-ring (bicyclic) bond motifs is 1. The molecule has 1 N–H and O–H groups in total. The van der Waals surface area contributed by atoms with Crippen LogP contribution in [0.3, 0.4) is 0 Å². The van der Waals surface area contributed by atoms with E-state index >= 15 is 0 Å². The van der Waals surface area contributed by atoms with Crippen LogP contribution in [0.2, 0.25) is 0 Å². The van der Waals surface area contributed by atoms with Crippen molar-refractivity contribution in [3.8, 4) is 0 Å². The molecule has 0 radical (unpaired) electrons. The lowest BCUT2D eigenvalue weighted by molar-refractivity contribution is -0.143. The molecule has 136 valence electrons. The van der Waals surface area contributed by atoms with E-state index in [1.54, 1.807) is 24.3 Å². The number of amides is 4. The number of aliphatic hydroxyl groups is 1. The van der Waals surface area contributed by atoms with Crippen LogP contribution in [0, 0.1) is 5.41 Å². The molecule has 2 heterocycles. The lowest BCUT2D eigenvalue weighted by Crippen LogP contribution is -2.45. The Bertz CT molecular complexity index is 777. The Balaban J connectivity index is 1.44. The zero-order chi connectivity index (χ0) is 18.5. The number of hydrogen-bond acceptors (Lipinski definition) is 5. The summed E-state index contributed by atoms with van der Waals surface area (Å²) in [6, 6.07) is 6.48. The number of β-amino-alcohol motifs (C(OH)–C–C–N with tert-alkyl or cyclic N) is 1. The van der Waals surface area contributed by atoms with Crippen LogP contribution in [0.1, 0.15) is 52.8 Å². The van der Waals surface area contributed by atoms with Crippen molar-refractivity contribution in [1.29, 1.82) is 0 Å². The molecule has 1 aromatic carbocycles. The molecule has 7 nitrogen and oxygen atoms in total. The standard InChI is InChI=1S/C19H20N2O5/c22-12(10-20-15(23)9-19(18(20)26)7-3-4-8-19)11-21-16(24)13-5-1-2-6-14(13)17(21)25/h1-2,5-6,12,22H,3-4,7-11H2/t12-/m0/s1. The lowest BCUT2D eigenvalue weighted by Gasteiger charge is -2.24. The summed E-state index contributed by atoms with van der Waals surface area (Å²) >= 11 is 0. The van der Waals surface area contributed by atoms with Gasteiger partial charge in [0, 0.05) is 6.42 Å². The molecular formula is C19H20N2O5. The average molecular weight is 356 g/mol. The molecule has 0 bridgehead atoms. The number of rotatable bonds is 4. The Morgan fingerprint density at radius 1 is 0.923 bits per heavy atom. The zero-order valence-corrected chi connectivity index (χ0v) is 14.3. The first kappa shape index (κ1) is 16.9. The van der Waals surface area contributed by atoms with Crippen molar-refractivity contribution in [1.82, 2.24) is 9.80 Å². The predicted molar refractivity (Wildman–Crippen MR) is 90.1 cm³/mol. The first-order valence-corrected chi connectivity index (χ1v) is 8.91. The van der Waals surface area contributed by atoms with Crippen LogP contribution in [0.15, 0.2) is 24.3 Å². The van der Waals surface area contributed by atoms with Gasteiger partial charge < -0.3 is 5.11 Å². The smallest absolute Gasteiger partial charge is 0.261 e. The van der Waals surface area contributed by atoms with E-state index in [4.69, 9.17) is 0 Å². The number of likely N-dealkylation sites (tertiary alicyclic amines) is 1. The number of hydrogen-bond donors (Lipinski definition) is 1. The number of nitrogens with zero attached hydrogens (tertiary/aromatic N) is 2. The van der Waals surface area contributed by atoms with Gasteiger partial charge in [-0.05, 0) is 25.0 Å². The van der Waals surface area contributed by atoms with Gasteiger partial charge in [0.05, 0.1) is 35.7 Å². The SMILES string of the molecule is O=C1CC2(CCCC2)C(=O)N1C[C@H](O)CN1C(=O)c2ccccc2C1=O. The molecule has 4 amide bonds. The van der Waals surface area contributed by atoms with Gasteiger partial charge in [-0.3, -0.25) is 29.0 Å². The molecule has 4 rings (SSSR count). The number of carbonyl (C=O) groups is 4. The third-order valence-electron chi connectivity index (χ3n) is 5.71. The Morgan fingerprint density at radius 3 is 2.04 bits per heavy atom. The second-order valence-corrected chi connectivity index (χ2v) is 7.39. The van der Waals surface area contributed by atoms with Crippen LogP contribution in [0.4, 0.5) is 0 Å². The van der Waals surface area contributed by atoms with Gasteiger partial charge in [0.2, 0.25) is 11.8 Å². The van der Waals surface area contributed by atoms with Crippen molar-refractivity contribution < 1.29 is 24.3 Å². The van der Waals surface area contributed by atoms with E-state index in [1.807, 2.05) is 0 Å². The summed E-state index contributed by atoms with van der Waals surface area (Å²) in [5.74, 6) is -1.42. The van der Waals surface area contributed by atoms with Crippen LogP contribution < -0.4 is 0 Å². The number of benzene rings is 1. The second kappa shape index (κ2) is 6.02. The molecule has 7 heteroatoms. The summed E-state index contributed by atoms with van der Waals surface area (Å²) in [6.07, 6.45) is 2.33. The van der Waals surface area contributed by atoms with Gasteiger partial charge in [0.25, 0.3) is 11.8 Å². The molecule has 1 atom stereocenters. The molecule has 2 aliphatic heterocycles. The van der Waals surface area contributed by atoms with Gasteiger partial charge >= 0.3 is 0 Å². The molecule has 1 saturated heterocycles. The van der Waals surface area contributed by atoms with Crippen LogP contribution in [-0.4, -0.2) is 57.7 Å². The average Bonchev–Trinajstić information content (AvgIpc) is 3.25. The monoisotopic (exact) mass is 356 g/mol. The van der Waals surface area contributed by atoms with E-state index in [9.17, 15) is 24.3 Å². The molecule has 1 aromatic rings. The van der Waals surface area contributed by atoms with Crippen molar-refractivity contribution in [3.05, 3.63) is 35.4 Å². The predicted octanol–water partition coefficient (Wildman–Crippen LogP) is 0.963. The van der Waals surface area contributed by atoms with Crippen molar-refractivity contribution >= 4 is 23.6 Å². The summed E-state index contributed by atoms with van der Waals surface area (Å²) in [5.41, 5.74) is 0.0256. The molecule has 3 aliphatic rings. The van der Waals surface area contributed by atoms with E-state index < -0.39 is 23.3 Å². The maximum atomic E-state index is 12.7. The van der Waals surface area contributed by atoms with Gasteiger partial charge in [-0.25, -0.2) is 0 Å². The van der Waals surface area contributed by atoms with Crippen molar-refractivity contribution in [3.63, 3.8) is 0 Å². The summed E-state index contributed by atoms with van der Waals surface area (Å²) in [6.45, 7) is -0.427. The molecular weight excluding hydrogens is 336 g/mol. The summed E-state index contributed by atoms with van der Waals surface area (Å²) in [5, 5.41) is 10.4. The Labute approximate surface area is 150 Å². The summed E-state index contributed by atoms with van der Waals surface area (Å²) < 4.78 is 0. The Kier molecular flexibility index (Phi) is 3.91. The molecule has 26 heavy (non-hydrogen) atoms. The van der Waals surface area contributed by atoms with Gasteiger partial charge in [0.1, 0.15) is 0 Å². The highest BCUT2D eigenvalue weighted by Gasteiger charge is 2.52. The van der Waals surface area contributed by atoms with Crippen molar-refractivity contribution in [2.45, 2.75) is 38.2 Å². The fraction of sp³-hybridized carbons (Fsp3) is 0.474. The van der Waals surface area contributed by atoms with Crippen molar-refractivity contribution in [2.24, 2.45) is 5.41 Å². The number of aliphatic hydroxyl groups excluding tert-OH is 1. The van der Waals surface area contributed by atoms with E-state index in [2.05, 4.69) is 0 Å². The van der Waals surface area contributed by atoms with Crippen LogP contribution in [0.5, 0.6) is 0 Å². The van der Waals surface area contributed by atoms with Gasteiger partial charge in [0.15, 0.2) is 0 Å². The fourth-order valence-corrected chi connectivity index (χ4v) is 4.37. The molecule has 1 spiro atoms. The van der Waals surface area contributed by atoms with Crippen LogP contribution in [0.25, 0.3) is 0 Å². The second-order valence-electron chi connectivity index (χ2n) is 7.39. The molecule has 2 fully saturated rings. The van der Waals surface area contributed by atoms with E-state index in [0.29, 0.717) is 24.0 Å². The van der Waals surface area contributed by atoms with Crippen LogP contribution >= 0.6 is 0 Å². The largest absolute Gasteiger partial charge is 0.389 e. The quantitative estimate of drug-likeness (QED) is 0.811. The Morgan fingerprint density at radius 2 is 1.46 bits per heavy atom. The minimum Gasteiger partial charge on any atom is -0.389 e. The topological polar surface area (TPSA) is 95.0 Å². The van der Waals surface area contributed by atoms with E-state index in [0.717, 1.165) is 22.6 Å². The van der Waals surface area contributed by atoms with Gasteiger partial charge in [-0.15, -0.1) is 0 Å². The van der Waals surface area contributed by atoms with E-state index in [1.165, 1.54) is 0 Å². The normalized spacial score (nSPS) is 22.7. The van der Waals surface area contributed by atoms with Gasteiger partial charge in [-0.2, -0.15) is 0 Å². The fourth-order valence-electron chi connectivity index (χ4n) is 4.37. The van der Waals surface area contributed by atoms with Crippen LogP contribution in [-0.2, 0) is 9.59 Å². The minimum atomic E-state index is -1.17. The molecule has 1 aliphatic carbocycles. The third-order valence-corrected chi connectivity index (χ3v) is 5.71. The molecule has 0 aromatic heterocycles. The minimum absolute atomic E-state index is 0.188. The summed E-state index contributed by atoms with van der Waals surface area (Å²) in [4.78, 5) is 51.7. The number of carbonyl (C=O) groups excluding carboxylic acids is 4. The van der Waals surface area contributed by atoms with E-state index in [-0.39, 0.29) is 31.3 Å². The molecule has 1 saturated carbocycles. The maximum Gasteiger partial charge on any atom is 0.261 e. The lowest BCUT2D eigenvalue weighted by atomic mass is 9.84. The third kappa shape index (κ3) is 2.46. The molecule has 0 unspecified atom stereocenters. The summed E-state index contributed by atoms with van der Waals surface area (Å²) in [7, 11) is 0. The number of imide groups is 2. The highest BCUT2D eigenvalue weighted by molar-refractivity contribution is 6.21. The maximum absolute atomic E-state index is 12.7. The first-order valence-electron chi connectivity index (χ1n) is 8.91. The Hall–Kier alpha value is -2.54. The van der Waals surface area contributed by atoms with Crippen molar-refractivity contribution in [2.75, 3.05) is 13.1 Å². The first-order chi connectivity index (χ1) is 12.4.